The molecule has 110 valence electrons. The zero-order chi connectivity index (χ0) is 15.2. The second kappa shape index (κ2) is 6.65. The van der Waals surface area contributed by atoms with Crippen molar-refractivity contribution in [3.05, 3.63) is 53.6 Å². The summed E-state index contributed by atoms with van der Waals surface area (Å²) in [6.07, 6.45) is 0. The number of ether oxygens (including phenoxy) is 3. The molecule has 0 unspecified atom stereocenters. The molecule has 5 heteroatoms. The Balaban J connectivity index is 2.15. The lowest BCUT2D eigenvalue weighted by molar-refractivity contribution is 0.284. The van der Waals surface area contributed by atoms with Gasteiger partial charge in [0.2, 0.25) is 0 Å². The molecule has 0 aliphatic heterocycles. The van der Waals surface area contributed by atoms with E-state index in [0.29, 0.717) is 29.4 Å². The van der Waals surface area contributed by atoms with Crippen molar-refractivity contribution < 1.29 is 14.2 Å². The average molecular weight is 286 g/mol. The Labute approximate surface area is 123 Å². The summed E-state index contributed by atoms with van der Waals surface area (Å²) in [4.78, 5) is 0. The Morgan fingerprint density at radius 2 is 1.67 bits per heavy atom. The number of nitrogens with one attached hydrogen (secondary N) is 1. The first-order valence-corrected chi connectivity index (χ1v) is 6.43. The maximum absolute atomic E-state index is 7.49. The van der Waals surface area contributed by atoms with Crippen LogP contribution in [0.5, 0.6) is 17.2 Å². The SMILES string of the molecule is COc1ccccc1OCc1ccc(C(=N)N)c(OC)c1. The van der Waals surface area contributed by atoms with Gasteiger partial charge in [0.1, 0.15) is 18.2 Å². The molecule has 0 spiro atoms. The van der Waals surface area contributed by atoms with Gasteiger partial charge in [-0.3, -0.25) is 5.41 Å². The van der Waals surface area contributed by atoms with E-state index in [-0.39, 0.29) is 5.84 Å². The van der Waals surface area contributed by atoms with E-state index in [1.54, 1.807) is 20.3 Å². The van der Waals surface area contributed by atoms with Crippen LogP contribution in [0.4, 0.5) is 0 Å². The summed E-state index contributed by atoms with van der Waals surface area (Å²) >= 11 is 0. The van der Waals surface area contributed by atoms with E-state index < -0.39 is 0 Å². The van der Waals surface area contributed by atoms with E-state index in [2.05, 4.69) is 0 Å². The fourth-order valence-electron chi connectivity index (χ4n) is 1.95. The van der Waals surface area contributed by atoms with Crippen molar-refractivity contribution in [2.45, 2.75) is 6.61 Å². The lowest BCUT2D eigenvalue weighted by Gasteiger charge is -2.12. The van der Waals surface area contributed by atoms with E-state index in [1.807, 2.05) is 36.4 Å². The van der Waals surface area contributed by atoms with Gasteiger partial charge in [0.05, 0.1) is 19.8 Å². The summed E-state index contributed by atoms with van der Waals surface area (Å²) in [5.41, 5.74) is 6.99. The Hall–Kier alpha value is -2.69. The van der Waals surface area contributed by atoms with Crippen molar-refractivity contribution in [2.24, 2.45) is 5.73 Å². The highest BCUT2D eigenvalue weighted by atomic mass is 16.5. The molecule has 0 aliphatic carbocycles. The Morgan fingerprint density at radius 3 is 2.29 bits per heavy atom. The summed E-state index contributed by atoms with van der Waals surface area (Å²) in [6.45, 7) is 0.370. The summed E-state index contributed by atoms with van der Waals surface area (Å²) in [7, 11) is 3.15. The molecule has 3 N–H and O–H groups in total. The molecular formula is C16H18N2O3. The van der Waals surface area contributed by atoms with Crippen molar-refractivity contribution >= 4 is 5.84 Å². The molecule has 0 aromatic heterocycles. The largest absolute Gasteiger partial charge is 0.496 e. The molecule has 0 atom stereocenters. The minimum absolute atomic E-state index is 0.0240. The van der Waals surface area contributed by atoms with Crippen LogP contribution in [0.15, 0.2) is 42.5 Å². The number of benzene rings is 2. The van der Waals surface area contributed by atoms with Gasteiger partial charge in [-0.05, 0) is 29.8 Å². The van der Waals surface area contributed by atoms with Crippen LogP contribution in [-0.2, 0) is 6.61 Å². The predicted molar refractivity (Wildman–Crippen MR) is 81.3 cm³/mol. The van der Waals surface area contributed by atoms with Crippen LogP contribution < -0.4 is 19.9 Å². The average Bonchev–Trinajstić information content (AvgIpc) is 2.52. The number of nitrogen functional groups attached to an aromatic ring is 1. The van der Waals surface area contributed by atoms with Crippen LogP contribution in [0.25, 0.3) is 0 Å². The normalized spacial score (nSPS) is 10.0. The predicted octanol–water partition coefficient (Wildman–Crippen LogP) is 2.57. The van der Waals surface area contributed by atoms with Gasteiger partial charge >= 0.3 is 0 Å². The maximum atomic E-state index is 7.49. The van der Waals surface area contributed by atoms with Gasteiger partial charge in [0.25, 0.3) is 0 Å². The molecule has 0 heterocycles. The molecule has 2 rings (SSSR count). The van der Waals surface area contributed by atoms with E-state index >= 15 is 0 Å². The molecular weight excluding hydrogens is 268 g/mol. The van der Waals surface area contributed by atoms with Gasteiger partial charge in [0, 0.05) is 0 Å². The fourth-order valence-corrected chi connectivity index (χ4v) is 1.95. The fraction of sp³-hybridized carbons (Fsp3) is 0.188. The highest BCUT2D eigenvalue weighted by Crippen LogP contribution is 2.27. The second-order valence-electron chi connectivity index (χ2n) is 4.39. The molecule has 5 nitrogen and oxygen atoms in total. The van der Waals surface area contributed by atoms with E-state index in [1.165, 1.54) is 0 Å². The third kappa shape index (κ3) is 3.45. The zero-order valence-electron chi connectivity index (χ0n) is 12.1. The van der Waals surface area contributed by atoms with E-state index in [9.17, 15) is 0 Å². The number of hydrogen-bond acceptors (Lipinski definition) is 4. The van der Waals surface area contributed by atoms with Gasteiger partial charge in [-0.15, -0.1) is 0 Å². The zero-order valence-corrected chi connectivity index (χ0v) is 12.1. The highest BCUT2D eigenvalue weighted by Gasteiger charge is 2.08. The number of rotatable bonds is 6. The molecule has 0 aliphatic rings. The Morgan fingerprint density at radius 1 is 1.00 bits per heavy atom. The van der Waals surface area contributed by atoms with Crippen molar-refractivity contribution in [1.29, 1.82) is 5.41 Å². The molecule has 0 radical (unpaired) electrons. The topological polar surface area (TPSA) is 77.6 Å². The lowest BCUT2D eigenvalue weighted by Crippen LogP contribution is -2.12. The summed E-state index contributed by atoms with van der Waals surface area (Å²) in [5.74, 6) is 1.90. The first-order valence-electron chi connectivity index (χ1n) is 6.43. The Kier molecular flexibility index (Phi) is 4.66. The quantitative estimate of drug-likeness (QED) is 0.632. The number of hydrogen-bond donors (Lipinski definition) is 2. The number of amidine groups is 1. The molecule has 0 bridgehead atoms. The minimum atomic E-state index is -0.0240. The third-order valence-corrected chi connectivity index (χ3v) is 3.02. The summed E-state index contributed by atoms with van der Waals surface area (Å²) in [6, 6.07) is 12.9. The first kappa shape index (κ1) is 14.7. The summed E-state index contributed by atoms with van der Waals surface area (Å²) < 4.78 is 16.2. The number of methoxy groups -OCH3 is 2. The van der Waals surface area contributed by atoms with Crippen molar-refractivity contribution in [2.75, 3.05) is 14.2 Å². The highest BCUT2D eigenvalue weighted by molar-refractivity contribution is 5.97. The Bertz CT molecular complexity index is 641. The van der Waals surface area contributed by atoms with Crippen LogP contribution in [0.3, 0.4) is 0 Å². The van der Waals surface area contributed by atoms with E-state index in [4.69, 9.17) is 25.4 Å². The van der Waals surface area contributed by atoms with E-state index in [0.717, 1.165) is 5.56 Å². The second-order valence-corrected chi connectivity index (χ2v) is 4.39. The van der Waals surface area contributed by atoms with Gasteiger partial charge in [-0.25, -0.2) is 0 Å². The van der Waals surface area contributed by atoms with Crippen LogP contribution >= 0.6 is 0 Å². The molecule has 2 aromatic carbocycles. The van der Waals surface area contributed by atoms with Gasteiger partial charge < -0.3 is 19.9 Å². The third-order valence-electron chi connectivity index (χ3n) is 3.02. The van der Waals surface area contributed by atoms with Crippen LogP contribution in [0.1, 0.15) is 11.1 Å². The first-order chi connectivity index (χ1) is 10.2. The van der Waals surface area contributed by atoms with Crippen molar-refractivity contribution in [3.8, 4) is 17.2 Å². The monoisotopic (exact) mass is 286 g/mol. The van der Waals surface area contributed by atoms with Gasteiger partial charge in [-0.2, -0.15) is 0 Å². The molecule has 2 aromatic rings. The van der Waals surface area contributed by atoms with Crippen molar-refractivity contribution in [1.82, 2.24) is 0 Å². The van der Waals surface area contributed by atoms with Crippen LogP contribution in [0.2, 0.25) is 0 Å². The molecule has 0 fully saturated rings. The number of nitrogens with two attached hydrogens (primary N) is 1. The minimum Gasteiger partial charge on any atom is -0.496 e. The molecule has 21 heavy (non-hydrogen) atoms. The van der Waals surface area contributed by atoms with Crippen LogP contribution in [0, 0.1) is 5.41 Å². The molecule has 0 saturated heterocycles. The molecule has 0 amide bonds. The number of para-hydroxylation sites is 2. The maximum Gasteiger partial charge on any atom is 0.161 e. The lowest BCUT2D eigenvalue weighted by atomic mass is 10.1. The smallest absolute Gasteiger partial charge is 0.161 e. The van der Waals surface area contributed by atoms with Gasteiger partial charge in [0.15, 0.2) is 11.5 Å². The van der Waals surface area contributed by atoms with Crippen molar-refractivity contribution in [3.63, 3.8) is 0 Å². The van der Waals surface area contributed by atoms with Crippen LogP contribution in [-0.4, -0.2) is 20.1 Å². The van der Waals surface area contributed by atoms with Gasteiger partial charge in [-0.1, -0.05) is 18.2 Å². The molecule has 0 saturated carbocycles. The summed E-state index contributed by atoms with van der Waals surface area (Å²) in [5, 5.41) is 7.49. The standard InChI is InChI=1S/C16H18N2O3/c1-19-13-5-3-4-6-14(13)21-10-11-7-8-12(16(17)18)15(9-11)20-2/h3-9H,10H2,1-2H3,(H3,17,18).